The number of carbonyl (C=O) groups is 1. The minimum Gasteiger partial charge on any atom is -0.463 e. The predicted molar refractivity (Wildman–Crippen MR) is 76.4 cm³/mol. The molecule has 18 heavy (non-hydrogen) atoms. The predicted octanol–water partition coefficient (Wildman–Crippen LogP) is 4.08. The van der Waals surface area contributed by atoms with Crippen LogP contribution in [-0.2, 0) is 14.9 Å². The second-order valence-corrected chi connectivity index (χ2v) is 6.09. The van der Waals surface area contributed by atoms with Crippen molar-refractivity contribution in [3.63, 3.8) is 0 Å². The van der Waals surface area contributed by atoms with Gasteiger partial charge < -0.3 is 4.74 Å². The van der Waals surface area contributed by atoms with E-state index in [2.05, 4.69) is 41.9 Å². The second kappa shape index (κ2) is 4.88. The lowest BCUT2D eigenvalue weighted by atomic mass is 9.86. The van der Waals surface area contributed by atoms with Gasteiger partial charge in [0.25, 0.3) is 0 Å². The Kier molecular flexibility index (Phi) is 3.62. The normalized spacial score (nSPS) is 18.8. The van der Waals surface area contributed by atoms with Crippen LogP contribution in [0.15, 0.2) is 28.7 Å². The summed E-state index contributed by atoms with van der Waals surface area (Å²) in [6, 6.07) is 6.26. The van der Waals surface area contributed by atoms with Gasteiger partial charge in [0, 0.05) is 10.5 Å². The number of ether oxygens (including phenoxy) is 1. The summed E-state index contributed by atoms with van der Waals surface area (Å²) in [5, 5.41) is 0. The van der Waals surface area contributed by atoms with E-state index in [1.54, 1.807) is 6.08 Å². The summed E-state index contributed by atoms with van der Waals surface area (Å²) >= 11 is 3.48. The number of hydrogen-bond acceptors (Lipinski definition) is 2. The van der Waals surface area contributed by atoms with Crippen molar-refractivity contribution in [1.82, 2.24) is 0 Å². The van der Waals surface area contributed by atoms with Crippen molar-refractivity contribution in [1.29, 1.82) is 0 Å². The highest BCUT2D eigenvalue weighted by Gasteiger charge is 2.33. The quantitative estimate of drug-likeness (QED) is 0.608. The largest absolute Gasteiger partial charge is 0.463 e. The molecule has 0 aromatic heterocycles. The van der Waals surface area contributed by atoms with Crippen LogP contribution < -0.4 is 0 Å². The van der Waals surface area contributed by atoms with E-state index in [0.717, 1.165) is 22.0 Å². The SMILES string of the molecule is CCOC(=O)/C=C1/CC(C)(C)c2ccc(Br)cc21. The molecule has 1 aliphatic rings. The van der Waals surface area contributed by atoms with E-state index in [1.165, 1.54) is 5.56 Å². The number of halogens is 1. The van der Waals surface area contributed by atoms with Crippen molar-refractivity contribution in [3.05, 3.63) is 39.9 Å². The highest BCUT2D eigenvalue weighted by Crippen LogP contribution is 2.45. The molecule has 0 unspecified atom stereocenters. The molecule has 1 aromatic rings. The van der Waals surface area contributed by atoms with Gasteiger partial charge >= 0.3 is 5.97 Å². The maximum absolute atomic E-state index is 11.6. The lowest BCUT2D eigenvalue weighted by molar-refractivity contribution is -0.137. The van der Waals surface area contributed by atoms with E-state index >= 15 is 0 Å². The van der Waals surface area contributed by atoms with E-state index in [0.29, 0.717) is 6.61 Å². The lowest BCUT2D eigenvalue weighted by Gasteiger charge is -2.18. The van der Waals surface area contributed by atoms with Gasteiger partial charge in [0.2, 0.25) is 0 Å². The Morgan fingerprint density at radius 2 is 2.22 bits per heavy atom. The van der Waals surface area contributed by atoms with E-state index in [4.69, 9.17) is 4.74 Å². The Morgan fingerprint density at radius 3 is 2.89 bits per heavy atom. The van der Waals surface area contributed by atoms with E-state index in [-0.39, 0.29) is 11.4 Å². The fraction of sp³-hybridized carbons (Fsp3) is 0.400. The van der Waals surface area contributed by atoms with Gasteiger partial charge in [0.05, 0.1) is 6.61 Å². The average molecular weight is 309 g/mol. The second-order valence-electron chi connectivity index (χ2n) is 5.17. The summed E-state index contributed by atoms with van der Waals surface area (Å²) in [6.07, 6.45) is 2.50. The molecular formula is C15H17BrO2. The van der Waals surface area contributed by atoms with Gasteiger partial charge in [-0.05, 0) is 47.6 Å². The molecule has 0 saturated carbocycles. The first-order chi connectivity index (χ1) is 8.44. The average Bonchev–Trinajstić information content (AvgIpc) is 2.50. The molecule has 0 fully saturated rings. The summed E-state index contributed by atoms with van der Waals surface area (Å²) in [7, 11) is 0. The molecule has 0 radical (unpaired) electrons. The number of rotatable bonds is 2. The summed E-state index contributed by atoms with van der Waals surface area (Å²) in [5.41, 5.74) is 3.59. The molecule has 1 aromatic carbocycles. The zero-order chi connectivity index (χ0) is 13.3. The number of allylic oxidation sites excluding steroid dienone is 1. The maximum atomic E-state index is 11.6. The Bertz CT molecular complexity index is 515. The third-order valence-corrected chi connectivity index (χ3v) is 3.76. The van der Waals surface area contributed by atoms with Crippen LogP contribution in [-0.4, -0.2) is 12.6 Å². The zero-order valence-electron chi connectivity index (χ0n) is 10.9. The Balaban J connectivity index is 2.44. The molecule has 0 atom stereocenters. The lowest BCUT2D eigenvalue weighted by Crippen LogP contribution is -2.11. The molecule has 96 valence electrons. The summed E-state index contributed by atoms with van der Waals surface area (Å²) in [5.74, 6) is -0.254. The Morgan fingerprint density at radius 1 is 1.50 bits per heavy atom. The van der Waals surface area contributed by atoms with Crippen molar-refractivity contribution in [3.8, 4) is 0 Å². The van der Waals surface area contributed by atoms with Gasteiger partial charge in [0.1, 0.15) is 0 Å². The minimum atomic E-state index is -0.254. The van der Waals surface area contributed by atoms with Gasteiger partial charge in [-0.25, -0.2) is 4.79 Å². The molecule has 2 rings (SSSR count). The van der Waals surface area contributed by atoms with Gasteiger partial charge in [0.15, 0.2) is 0 Å². The highest BCUT2D eigenvalue weighted by atomic mass is 79.9. The number of hydrogen-bond donors (Lipinski definition) is 0. The summed E-state index contributed by atoms with van der Waals surface area (Å²) in [6.45, 7) is 6.63. The molecule has 0 aliphatic heterocycles. The number of benzene rings is 1. The molecular weight excluding hydrogens is 292 g/mol. The fourth-order valence-corrected chi connectivity index (χ4v) is 2.85. The number of carbonyl (C=O) groups excluding carboxylic acids is 1. The number of esters is 1. The Labute approximate surface area is 116 Å². The maximum Gasteiger partial charge on any atom is 0.331 e. The summed E-state index contributed by atoms with van der Waals surface area (Å²) < 4.78 is 6.03. The molecule has 0 amide bonds. The van der Waals surface area contributed by atoms with E-state index in [1.807, 2.05) is 13.0 Å². The molecule has 1 aliphatic carbocycles. The van der Waals surface area contributed by atoms with Crippen molar-refractivity contribution < 1.29 is 9.53 Å². The van der Waals surface area contributed by atoms with Gasteiger partial charge in [-0.2, -0.15) is 0 Å². The third kappa shape index (κ3) is 2.51. The van der Waals surface area contributed by atoms with Crippen molar-refractivity contribution >= 4 is 27.5 Å². The van der Waals surface area contributed by atoms with Crippen molar-refractivity contribution in [2.45, 2.75) is 32.6 Å². The fourth-order valence-electron chi connectivity index (χ4n) is 2.49. The number of fused-ring (bicyclic) bond motifs is 1. The molecule has 0 spiro atoms. The van der Waals surface area contributed by atoms with E-state index < -0.39 is 0 Å². The van der Waals surface area contributed by atoms with Gasteiger partial charge in [-0.15, -0.1) is 0 Å². The first-order valence-electron chi connectivity index (χ1n) is 6.12. The Hall–Kier alpha value is -1.09. The molecule has 0 heterocycles. The molecule has 3 heteroatoms. The van der Waals surface area contributed by atoms with Crippen LogP contribution >= 0.6 is 15.9 Å². The molecule has 2 nitrogen and oxygen atoms in total. The van der Waals surface area contributed by atoms with Crippen LogP contribution in [0.5, 0.6) is 0 Å². The molecule has 0 bridgehead atoms. The summed E-state index contributed by atoms with van der Waals surface area (Å²) in [4.78, 5) is 11.6. The standard InChI is InChI=1S/C15H17BrO2/c1-4-18-14(17)7-10-9-15(2,3)13-6-5-11(16)8-12(10)13/h5-8H,4,9H2,1-3H3/b10-7-. The van der Waals surface area contributed by atoms with Crippen LogP contribution in [0, 0.1) is 0 Å². The monoisotopic (exact) mass is 308 g/mol. The minimum absolute atomic E-state index is 0.0777. The van der Waals surface area contributed by atoms with Crippen LogP contribution in [0.4, 0.5) is 0 Å². The first-order valence-corrected chi connectivity index (χ1v) is 6.91. The van der Waals surface area contributed by atoms with Crippen molar-refractivity contribution in [2.24, 2.45) is 0 Å². The smallest absolute Gasteiger partial charge is 0.331 e. The highest BCUT2D eigenvalue weighted by molar-refractivity contribution is 9.10. The first kappa shape index (κ1) is 13.3. The van der Waals surface area contributed by atoms with Crippen LogP contribution in [0.3, 0.4) is 0 Å². The van der Waals surface area contributed by atoms with Crippen LogP contribution in [0.25, 0.3) is 5.57 Å². The van der Waals surface area contributed by atoms with E-state index in [9.17, 15) is 4.79 Å². The topological polar surface area (TPSA) is 26.3 Å². The van der Waals surface area contributed by atoms with Crippen molar-refractivity contribution in [2.75, 3.05) is 6.61 Å². The zero-order valence-corrected chi connectivity index (χ0v) is 12.5. The van der Waals surface area contributed by atoms with Crippen LogP contribution in [0.1, 0.15) is 38.3 Å². The molecule has 0 N–H and O–H groups in total. The third-order valence-electron chi connectivity index (χ3n) is 3.27. The van der Waals surface area contributed by atoms with Crippen LogP contribution in [0.2, 0.25) is 0 Å². The van der Waals surface area contributed by atoms with Gasteiger partial charge in [-0.3, -0.25) is 0 Å². The van der Waals surface area contributed by atoms with Gasteiger partial charge in [-0.1, -0.05) is 35.8 Å². The molecule has 0 saturated heterocycles.